The molecule has 3 amide bonds. The van der Waals surface area contributed by atoms with Crippen molar-refractivity contribution in [2.24, 2.45) is 23.2 Å². The first-order valence-corrected chi connectivity index (χ1v) is 15.2. The Bertz CT molecular complexity index is 1350. The van der Waals surface area contributed by atoms with Crippen LogP contribution in [0.2, 0.25) is 0 Å². The van der Waals surface area contributed by atoms with E-state index in [2.05, 4.69) is 10.3 Å². The molecule has 1 unspecified atom stereocenters. The van der Waals surface area contributed by atoms with Crippen molar-refractivity contribution in [2.75, 3.05) is 0 Å². The van der Waals surface area contributed by atoms with E-state index in [1.54, 1.807) is 18.2 Å². The maximum atomic E-state index is 13.0. The van der Waals surface area contributed by atoms with Gasteiger partial charge in [-0.15, -0.1) is 11.3 Å². The third kappa shape index (κ3) is 4.80. The van der Waals surface area contributed by atoms with Crippen molar-refractivity contribution in [3.8, 4) is 5.75 Å². The number of esters is 1. The molecule has 40 heavy (non-hydrogen) atoms. The fourth-order valence-electron chi connectivity index (χ4n) is 8.33. The molecule has 9 nitrogen and oxygen atoms in total. The van der Waals surface area contributed by atoms with E-state index in [0.29, 0.717) is 24.2 Å². The van der Waals surface area contributed by atoms with Crippen LogP contribution in [0.5, 0.6) is 5.75 Å². The SMILES string of the molecule is O=C1CCC(N2Cc3c(OCc4csc(COC(=O)CC56CC7CC(CC(C7)C5)C6)n4)cccc3C2=O)C(=O)N1. The molecule has 10 heteroatoms. The van der Waals surface area contributed by atoms with Gasteiger partial charge in [-0.2, -0.15) is 0 Å². The molecule has 5 fully saturated rings. The average molecular weight is 564 g/mol. The minimum absolute atomic E-state index is 0.111. The van der Waals surface area contributed by atoms with Gasteiger partial charge < -0.3 is 14.4 Å². The number of piperidine rings is 1. The Morgan fingerprint density at radius 2 is 1.82 bits per heavy atom. The van der Waals surface area contributed by atoms with E-state index in [1.165, 1.54) is 54.8 Å². The third-order valence-electron chi connectivity index (χ3n) is 9.55. The van der Waals surface area contributed by atoms with Crippen LogP contribution < -0.4 is 10.1 Å². The van der Waals surface area contributed by atoms with Crippen LogP contribution in [0.25, 0.3) is 0 Å². The quantitative estimate of drug-likeness (QED) is 0.379. The van der Waals surface area contributed by atoms with Gasteiger partial charge in [0.25, 0.3) is 5.91 Å². The highest BCUT2D eigenvalue weighted by Crippen LogP contribution is 2.61. The molecule has 1 aromatic carbocycles. The second-order valence-electron chi connectivity index (χ2n) is 12.5. The molecule has 2 aliphatic heterocycles. The molecule has 8 rings (SSSR count). The van der Waals surface area contributed by atoms with Gasteiger partial charge in [0.15, 0.2) is 0 Å². The molecule has 1 N–H and O–H groups in total. The summed E-state index contributed by atoms with van der Waals surface area (Å²) in [5, 5.41) is 4.95. The highest BCUT2D eigenvalue weighted by molar-refractivity contribution is 7.09. The Kier molecular flexibility index (Phi) is 6.40. The van der Waals surface area contributed by atoms with Gasteiger partial charge in [0.2, 0.25) is 11.8 Å². The first kappa shape index (κ1) is 25.7. The standard InChI is InChI=1S/C30H33N3O6S/c34-25-5-4-23(28(36)32-25)33-13-22-21(29(33)37)2-1-3-24(22)38-14-20-16-40-26(31-20)15-39-27(35)12-30-9-17-6-18(10-30)8-19(7-17)11-30/h1-3,16-19,23H,4-15H2,(H,32,34,36). The van der Waals surface area contributed by atoms with Crippen LogP contribution in [0.1, 0.15) is 84.4 Å². The van der Waals surface area contributed by atoms with Gasteiger partial charge in [-0.25, -0.2) is 4.98 Å². The first-order chi connectivity index (χ1) is 19.3. The van der Waals surface area contributed by atoms with E-state index in [4.69, 9.17) is 9.47 Å². The summed E-state index contributed by atoms with van der Waals surface area (Å²) in [5.74, 6) is 1.90. The zero-order valence-corrected chi connectivity index (χ0v) is 23.2. The zero-order chi connectivity index (χ0) is 27.4. The Labute approximate surface area is 236 Å². The van der Waals surface area contributed by atoms with Gasteiger partial charge in [0.05, 0.1) is 18.7 Å². The monoisotopic (exact) mass is 563 g/mol. The summed E-state index contributed by atoms with van der Waals surface area (Å²) in [6, 6.07) is 4.63. The average Bonchev–Trinajstić information content (AvgIpc) is 3.50. The largest absolute Gasteiger partial charge is 0.487 e. The number of fused-ring (bicyclic) bond motifs is 1. The van der Waals surface area contributed by atoms with Crippen molar-refractivity contribution in [3.05, 3.63) is 45.4 Å². The van der Waals surface area contributed by atoms with E-state index in [1.807, 2.05) is 5.38 Å². The summed E-state index contributed by atoms with van der Waals surface area (Å²) >= 11 is 1.44. The number of nitrogens with zero attached hydrogens (tertiary/aromatic N) is 2. The Hall–Kier alpha value is -3.27. The molecule has 1 saturated heterocycles. The van der Waals surface area contributed by atoms with Crippen molar-refractivity contribution in [1.82, 2.24) is 15.2 Å². The van der Waals surface area contributed by atoms with E-state index < -0.39 is 11.9 Å². The van der Waals surface area contributed by atoms with Crippen LogP contribution in [-0.2, 0) is 38.9 Å². The molecule has 4 saturated carbocycles. The lowest BCUT2D eigenvalue weighted by Gasteiger charge is -2.56. The predicted octanol–water partition coefficient (Wildman–Crippen LogP) is 4.13. The molecule has 1 atom stereocenters. The van der Waals surface area contributed by atoms with Crippen LogP contribution >= 0.6 is 11.3 Å². The Balaban J connectivity index is 0.935. The molecule has 4 bridgehead atoms. The fourth-order valence-corrected chi connectivity index (χ4v) is 9.02. The third-order valence-corrected chi connectivity index (χ3v) is 10.4. The number of aromatic nitrogens is 1. The summed E-state index contributed by atoms with van der Waals surface area (Å²) in [7, 11) is 0. The van der Waals surface area contributed by atoms with Crippen LogP contribution in [-0.4, -0.2) is 39.6 Å². The maximum Gasteiger partial charge on any atom is 0.306 e. The van der Waals surface area contributed by atoms with E-state index >= 15 is 0 Å². The summed E-state index contributed by atoms with van der Waals surface area (Å²) in [6.07, 6.45) is 8.70. The Morgan fingerprint density at radius 1 is 1.07 bits per heavy atom. The van der Waals surface area contributed by atoms with Crippen molar-refractivity contribution in [3.63, 3.8) is 0 Å². The van der Waals surface area contributed by atoms with Gasteiger partial charge in [0, 0.05) is 22.9 Å². The number of carbonyl (C=O) groups is 4. The molecule has 1 aromatic heterocycles. The van der Waals surface area contributed by atoms with E-state index in [9.17, 15) is 19.2 Å². The van der Waals surface area contributed by atoms with Crippen LogP contribution in [0.3, 0.4) is 0 Å². The molecule has 210 valence electrons. The number of nitrogens with one attached hydrogen (secondary N) is 1. The zero-order valence-electron chi connectivity index (χ0n) is 22.4. The molecule has 0 radical (unpaired) electrons. The Morgan fingerprint density at radius 3 is 2.55 bits per heavy atom. The molecule has 6 aliphatic rings. The molecule has 4 aliphatic carbocycles. The highest BCUT2D eigenvalue weighted by Gasteiger charge is 2.51. The van der Waals surface area contributed by atoms with Crippen LogP contribution in [0.15, 0.2) is 23.6 Å². The second kappa shape index (κ2) is 9.98. The maximum absolute atomic E-state index is 13.0. The lowest BCUT2D eigenvalue weighted by molar-refractivity contribution is -0.153. The molecule has 0 spiro atoms. The van der Waals surface area contributed by atoms with E-state index in [0.717, 1.165) is 34.0 Å². The number of hydrogen-bond donors (Lipinski definition) is 1. The number of amides is 3. The van der Waals surface area contributed by atoms with Gasteiger partial charge in [-0.1, -0.05) is 6.07 Å². The van der Waals surface area contributed by atoms with Crippen LogP contribution in [0, 0.1) is 23.2 Å². The summed E-state index contributed by atoms with van der Waals surface area (Å²) in [6.45, 7) is 0.630. The lowest BCUT2D eigenvalue weighted by Crippen LogP contribution is -2.52. The first-order valence-electron chi connectivity index (χ1n) is 14.3. The van der Waals surface area contributed by atoms with Gasteiger partial charge in [-0.05, 0) is 80.2 Å². The normalized spacial score (nSPS) is 30.4. The number of carbonyl (C=O) groups excluding carboxylic acids is 4. The minimum atomic E-state index is -0.669. The van der Waals surface area contributed by atoms with Crippen molar-refractivity contribution < 1.29 is 28.7 Å². The number of hydrogen-bond acceptors (Lipinski definition) is 8. The molecule has 3 heterocycles. The predicted molar refractivity (Wildman–Crippen MR) is 144 cm³/mol. The molecular formula is C30H33N3O6S. The van der Waals surface area contributed by atoms with Crippen molar-refractivity contribution >= 4 is 35.0 Å². The summed E-state index contributed by atoms with van der Waals surface area (Å²) < 4.78 is 11.7. The number of benzene rings is 1. The number of thiazole rings is 1. The topological polar surface area (TPSA) is 115 Å². The van der Waals surface area contributed by atoms with Crippen molar-refractivity contribution in [2.45, 2.75) is 83.6 Å². The number of ether oxygens (including phenoxy) is 2. The number of rotatable bonds is 8. The van der Waals surface area contributed by atoms with E-state index in [-0.39, 0.29) is 49.4 Å². The molecule has 2 aromatic rings. The highest BCUT2D eigenvalue weighted by atomic mass is 32.1. The second-order valence-corrected chi connectivity index (χ2v) is 13.4. The summed E-state index contributed by atoms with van der Waals surface area (Å²) in [4.78, 5) is 55.8. The lowest BCUT2D eigenvalue weighted by atomic mass is 9.49. The van der Waals surface area contributed by atoms with Gasteiger partial charge in [0.1, 0.15) is 30.0 Å². The van der Waals surface area contributed by atoms with Crippen LogP contribution in [0.4, 0.5) is 0 Å². The summed E-state index contributed by atoms with van der Waals surface area (Å²) in [5.41, 5.74) is 2.12. The smallest absolute Gasteiger partial charge is 0.306 e. The molecular weight excluding hydrogens is 530 g/mol. The van der Waals surface area contributed by atoms with Gasteiger partial charge in [-0.3, -0.25) is 24.5 Å². The minimum Gasteiger partial charge on any atom is -0.487 e. The van der Waals surface area contributed by atoms with Crippen molar-refractivity contribution in [1.29, 1.82) is 0 Å². The number of imide groups is 1. The fraction of sp³-hybridized carbons (Fsp3) is 0.567. The van der Waals surface area contributed by atoms with Gasteiger partial charge >= 0.3 is 5.97 Å².